The number of unbranched alkanes of at least 4 members (excludes halogenated alkanes) is 12. The molecule has 0 saturated carbocycles. The van der Waals surface area contributed by atoms with Gasteiger partial charge in [-0.15, -0.1) is 0 Å². The minimum Gasteiger partial charge on any atom is -0.368 e. The van der Waals surface area contributed by atoms with E-state index in [0.29, 0.717) is 19.8 Å². The molecule has 1 rings (SSSR count). The second kappa shape index (κ2) is 26.7. The van der Waals surface area contributed by atoms with Crippen molar-refractivity contribution in [2.45, 2.75) is 187 Å². The van der Waals surface area contributed by atoms with Gasteiger partial charge in [0.2, 0.25) is 0 Å². The lowest BCUT2D eigenvalue weighted by Gasteiger charge is -2.55. The van der Waals surface area contributed by atoms with Crippen molar-refractivity contribution in [1.82, 2.24) is 0 Å². The summed E-state index contributed by atoms with van der Waals surface area (Å²) in [5, 5.41) is -1.86. The highest BCUT2D eigenvalue weighted by Crippen LogP contribution is 2.61. The fourth-order valence-electron chi connectivity index (χ4n) is 6.06. The van der Waals surface area contributed by atoms with Crippen molar-refractivity contribution in [3.05, 3.63) is 24.3 Å². The van der Waals surface area contributed by atoms with Crippen molar-refractivity contribution < 1.29 is 37.8 Å². The van der Waals surface area contributed by atoms with E-state index < -0.39 is 36.3 Å². The topological polar surface area (TPSA) is 89.5 Å². The predicted molar refractivity (Wildman–Crippen MR) is 201 cm³/mol. The Morgan fingerprint density at radius 2 is 0.959 bits per heavy atom. The molecule has 0 aromatic heterocycles. The Morgan fingerprint density at radius 3 is 1.35 bits per heavy atom. The SMILES string of the molecule is C=C(C)C(=O)[P+](=O)C1(OCCCCC)C=CC(OCCCCC)C(OCCCCC)(OCCCCC)C1(OCCCCC)OCCCCC. The Morgan fingerprint density at radius 1 is 0.592 bits per heavy atom. The van der Waals surface area contributed by atoms with Crippen molar-refractivity contribution in [3.8, 4) is 0 Å². The highest BCUT2D eigenvalue weighted by Gasteiger charge is 2.82. The van der Waals surface area contributed by atoms with Crippen molar-refractivity contribution in [2.24, 2.45) is 0 Å². The van der Waals surface area contributed by atoms with Gasteiger partial charge in [-0.05, 0) is 51.5 Å². The van der Waals surface area contributed by atoms with E-state index in [2.05, 4.69) is 48.1 Å². The van der Waals surface area contributed by atoms with E-state index in [1.165, 1.54) is 0 Å². The molecule has 0 bridgehead atoms. The number of carbonyl (C=O) groups excluding carboxylic acids is 1. The molecule has 0 aliphatic heterocycles. The number of hydrogen-bond donors (Lipinski definition) is 0. The zero-order valence-electron chi connectivity index (χ0n) is 32.6. The van der Waals surface area contributed by atoms with E-state index in [4.69, 9.17) is 28.4 Å². The first kappa shape index (κ1) is 46.0. The molecule has 1 aliphatic rings. The monoisotopic (exact) mass is 714 g/mol. The molecule has 0 heterocycles. The second-order valence-corrected chi connectivity index (χ2v) is 15.2. The van der Waals surface area contributed by atoms with Crippen LogP contribution in [0.4, 0.5) is 0 Å². The maximum atomic E-state index is 15.0. The third kappa shape index (κ3) is 13.5. The van der Waals surface area contributed by atoms with Crippen LogP contribution in [0, 0.1) is 0 Å². The number of rotatable bonds is 33. The molecule has 0 fully saturated rings. The highest BCUT2D eigenvalue weighted by molar-refractivity contribution is 7.66. The summed E-state index contributed by atoms with van der Waals surface area (Å²) in [7, 11) is -2.84. The summed E-state index contributed by atoms with van der Waals surface area (Å²) < 4.78 is 56.8. The fraction of sp³-hybridized carbons (Fsp3) is 0.875. The smallest absolute Gasteiger partial charge is 0.368 e. The zero-order valence-corrected chi connectivity index (χ0v) is 33.5. The molecule has 3 unspecified atom stereocenters. The van der Waals surface area contributed by atoms with E-state index in [1.807, 2.05) is 6.08 Å². The quantitative estimate of drug-likeness (QED) is 0.0218. The summed E-state index contributed by atoms with van der Waals surface area (Å²) in [6.07, 6.45) is 19.2. The van der Waals surface area contributed by atoms with Crippen LogP contribution in [-0.2, 0) is 37.8 Å². The van der Waals surface area contributed by atoms with Crippen molar-refractivity contribution >= 4 is 13.3 Å². The van der Waals surface area contributed by atoms with E-state index in [0.717, 1.165) is 116 Å². The van der Waals surface area contributed by atoms with Gasteiger partial charge in [0.1, 0.15) is 6.10 Å². The Labute approximate surface area is 301 Å². The molecule has 0 spiro atoms. The lowest BCUT2D eigenvalue weighted by Crippen LogP contribution is -2.77. The van der Waals surface area contributed by atoms with Gasteiger partial charge in [-0.1, -0.05) is 130 Å². The molecule has 0 aromatic carbocycles. The summed E-state index contributed by atoms with van der Waals surface area (Å²) in [5.74, 6) is -3.63. The first-order valence-corrected chi connectivity index (χ1v) is 21.2. The Hall–Kier alpha value is -0.990. The van der Waals surface area contributed by atoms with Crippen molar-refractivity contribution in [1.29, 1.82) is 0 Å². The van der Waals surface area contributed by atoms with Crippen LogP contribution in [0.2, 0.25) is 0 Å². The third-order valence-electron chi connectivity index (χ3n) is 9.00. The van der Waals surface area contributed by atoms with E-state index in [1.54, 1.807) is 13.0 Å². The van der Waals surface area contributed by atoms with Crippen LogP contribution < -0.4 is 0 Å². The minimum absolute atomic E-state index is 0.188. The summed E-state index contributed by atoms with van der Waals surface area (Å²) in [6, 6.07) is 0. The molecule has 3 atom stereocenters. The van der Waals surface area contributed by atoms with E-state index >= 15 is 4.57 Å². The minimum atomic E-state index is -2.84. The van der Waals surface area contributed by atoms with Gasteiger partial charge in [-0.2, -0.15) is 0 Å². The first-order chi connectivity index (χ1) is 23.7. The number of carbonyl (C=O) groups is 1. The Kier molecular flexibility index (Phi) is 25.1. The van der Waals surface area contributed by atoms with E-state index in [-0.39, 0.29) is 25.4 Å². The fourth-order valence-corrected chi connectivity index (χ4v) is 7.69. The molecule has 286 valence electrons. The number of ether oxygens (including phenoxy) is 6. The number of hydrogen-bond acceptors (Lipinski definition) is 8. The van der Waals surface area contributed by atoms with Crippen LogP contribution in [0.3, 0.4) is 0 Å². The second-order valence-electron chi connectivity index (χ2n) is 13.5. The van der Waals surface area contributed by atoms with Gasteiger partial charge in [0.15, 0.2) is 0 Å². The molecular weight excluding hydrogens is 639 g/mol. The molecule has 0 radical (unpaired) electrons. The van der Waals surface area contributed by atoms with Crippen LogP contribution in [0.1, 0.15) is 164 Å². The summed E-state index contributed by atoms with van der Waals surface area (Å²) in [5.41, 5.74) is -0.393. The van der Waals surface area contributed by atoms with Gasteiger partial charge in [-0.25, -0.2) is 4.79 Å². The molecule has 8 nitrogen and oxygen atoms in total. The Balaban J connectivity index is 4.25. The summed E-state index contributed by atoms with van der Waals surface area (Å²) in [4.78, 5) is 13.9. The molecule has 0 saturated heterocycles. The lowest BCUT2D eigenvalue weighted by molar-refractivity contribution is -0.458. The zero-order chi connectivity index (χ0) is 36.4. The third-order valence-corrected chi connectivity index (χ3v) is 10.9. The van der Waals surface area contributed by atoms with Gasteiger partial charge in [0.25, 0.3) is 5.79 Å². The first-order valence-electron chi connectivity index (χ1n) is 19.9. The normalized spacial score (nSPS) is 20.1. The van der Waals surface area contributed by atoms with Crippen LogP contribution >= 0.6 is 7.80 Å². The van der Waals surface area contributed by atoms with Gasteiger partial charge >= 0.3 is 24.5 Å². The highest BCUT2D eigenvalue weighted by atomic mass is 31.1. The van der Waals surface area contributed by atoms with Gasteiger partial charge < -0.3 is 28.4 Å². The van der Waals surface area contributed by atoms with Gasteiger partial charge in [0, 0.05) is 18.3 Å². The standard InChI is InChI=1S/C40H74O8P/c1-9-15-21-29-43-36-27-28-38(44-30-22-16-10-2,49(42)37(41)35(7)8)40(47-33-25-19-13-5,48-34-26-20-14-6)39(36,45-31-23-17-11-3)46-32-24-18-12-4/h27-28,36H,7,9-26,29-34H2,1-6,8H3/q+1. The molecule has 0 N–H and O–H groups in total. The maximum absolute atomic E-state index is 15.0. The molecule has 0 amide bonds. The largest absolute Gasteiger partial charge is 0.465 e. The Bertz CT molecular complexity index is 913. The molecule has 0 aromatic rings. The summed E-state index contributed by atoms with van der Waals surface area (Å²) in [6.45, 7) is 20.4. The maximum Gasteiger partial charge on any atom is 0.465 e. The van der Waals surface area contributed by atoms with Gasteiger partial charge in [-0.3, -0.25) is 0 Å². The molecule has 1 aliphatic carbocycles. The lowest BCUT2D eigenvalue weighted by atomic mass is 9.85. The average Bonchev–Trinajstić information content (AvgIpc) is 3.10. The van der Waals surface area contributed by atoms with Crippen LogP contribution in [0.5, 0.6) is 0 Å². The summed E-state index contributed by atoms with van der Waals surface area (Å²) >= 11 is 0. The molecular formula is C40H74O8P+. The number of allylic oxidation sites excluding steroid dienone is 1. The van der Waals surface area contributed by atoms with Crippen LogP contribution in [0.15, 0.2) is 24.3 Å². The predicted octanol–water partition coefficient (Wildman–Crippen LogP) is 11.2. The van der Waals surface area contributed by atoms with Crippen LogP contribution in [0.25, 0.3) is 0 Å². The van der Waals surface area contributed by atoms with Crippen LogP contribution in [-0.4, -0.2) is 68.2 Å². The molecule has 49 heavy (non-hydrogen) atoms. The van der Waals surface area contributed by atoms with Crippen molar-refractivity contribution in [3.63, 3.8) is 0 Å². The van der Waals surface area contributed by atoms with Crippen molar-refractivity contribution in [2.75, 3.05) is 39.6 Å². The van der Waals surface area contributed by atoms with Gasteiger partial charge in [0.05, 0.1) is 33.0 Å². The molecule has 9 heteroatoms. The van der Waals surface area contributed by atoms with E-state index in [9.17, 15) is 4.79 Å². The average molecular weight is 714 g/mol.